The number of hydrogen-bond acceptors (Lipinski definition) is 2. The summed E-state index contributed by atoms with van der Waals surface area (Å²) >= 11 is 0. The number of carbonyl (C=O) groups is 2. The van der Waals surface area contributed by atoms with Gasteiger partial charge in [0, 0.05) is 13.1 Å². The zero-order valence-electron chi connectivity index (χ0n) is 17.6. The summed E-state index contributed by atoms with van der Waals surface area (Å²) < 4.78 is 14.1. The minimum atomic E-state index is -0.592. The Hall–Kier alpha value is -2.69. The average molecular weight is 399 g/mol. The molecular formula is C24H31FN2O2. The number of nitrogens with one attached hydrogen (secondary N) is 1. The quantitative estimate of drug-likeness (QED) is 0.603. The Morgan fingerprint density at radius 2 is 1.69 bits per heavy atom. The van der Waals surface area contributed by atoms with E-state index in [2.05, 4.69) is 12.2 Å². The van der Waals surface area contributed by atoms with Crippen molar-refractivity contribution in [2.45, 2.75) is 59.0 Å². The molecular weight excluding hydrogens is 367 g/mol. The summed E-state index contributed by atoms with van der Waals surface area (Å²) in [6.45, 7) is 6.85. The number of unbranched alkanes of at least 4 members (excludes halogenated alkanes) is 1. The number of aryl methyl sites for hydroxylation is 1. The fraction of sp³-hybridized carbons (Fsp3) is 0.417. The molecule has 0 bridgehead atoms. The summed E-state index contributed by atoms with van der Waals surface area (Å²) in [6, 6.07) is 13.5. The molecule has 0 aliphatic carbocycles. The van der Waals surface area contributed by atoms with Crippen LogP contribution in [0, 0.1) is 12.7 Å². The molecule has 0 aliphatic rings. The van der Waals surface area contributed by atoms with Gasteiger partial charge < -0.3 is 10.2 Å². The van der Waals surface area contributed by atoms with E-state index in [1.165, 1.54) is 6.07 Å². The first-order valence-corrected chi connectivity index (χ1v) is 10.3. The maximum Gasteiger partial charge on any atom is 0.242 e. The molecule has 156 valence electrons. The lowest BCUT2D eigenvalue weighted by Gasteiger charge is -2.31. The van der Waals surface area contributed by atoms with E-state index in [1.807, 2.05) is 38.1 Å². The minimum absolute atomic E-state index is 0.0721. The van der Waals surface area contributed by atoms with E-state index >= 15 is 0 Å². The maximum atomic E-state index is 14.1. The lowest BCUT2D eigenvalue weighted by Crippen LogP contribution is -2.49. The first-order valence-electron chi connectivity index (χ1n) is 10.3. The summed E-state index contributed by atoms with van der Waals surface area (Å²) in [5.74, 6) is -0.815. The molecule has 2 aromatic rings. The summed E-state index contributed by atoms with van der Waals surface area (Å²) in [7, 11) is 0. The van der Waals surface area contributed by atoms with Crippen LogP contribution in [0.4, 0.5) is 4.39 Å². The number of rotatable bonds is 10. The van der Waals surface area contributed by atoms with Crippen LogP contribution in [0.5, 0.6) is 0 Å². The van der Waals surface area contributed by atoms with E-state index < -0.39 is 11.9 Å². The molecule has 0 aromatic heterocycles. The second-order valence-electron chi connectivity index (χ2n) is 7.28. The van der Waals surface area contributed by atoms with Crippen LogP contribution >= 0.6 is 0 Å². The number of halogens is 1. The van der Waals surface area contributed by atoms with Crippen molar-refractivity contribution in [3.8, 4) is 0 Å². The highest BCUT2D eigenvalue weighted by Gasteiger charge is 2.29. The monoisotopic (exact) mass is 398 g/mol. The molecule has 2 rings (SSSR count). The van der Waals surface area contributed by atoms with Gasteiger partial charge in [-0.3, -0.25) is 9.59 Å². The molecule has 5 heteroatoms. The highest BCUT2D eigenvalue weighted by molar-refractivity contribution is 5.88. The number of nitrogens with zero attached hydrogens (tertiary/aromatic N) is 1. The largest absolute Gasteiger partial charge is 0.354 e. The Kier molecular flexibility index (Phi) is 8.84. The highest BCUT2D eigenvalue weighted by atomic mass is 19.1. The van der Waals surface area contributed by atoms with Crippen molar-refractivity contribution in [1.82, 2.24) is 10.2 Å². The molecule has 0 spiro atoms. The highest BCUT2D eigenvalue weighted by Crippen LogP contribution is 2.18. The van der Waals surface area contributed by atoms with Gasteiger partial charge in [-0.2, -0.15) is 0 Å². The van der Waals surface area contributed by atoms with Crippen LogP contribution in [0.15, 0.2) is 48.5 Å². The van der Waals surface area contributed by atoms with E-state index in [0.29, 0.717) is 25.1 Å². The van der Waals surface area contributed by atoms with Gasteiger partial charge in [-0.25, -0.2) is 4.39 Å². The Balaban J connectivity index is 2.28. The van der Waals surface area contributed by atoms with Gasteiger partial charge in [0.15, 0.2) is 0 Å². The standard InChI is InChI=1S/C24H31FN2O2/c1-4-6-15-26-24(29)22(5-2)27(17-20-13-8-7-11-18(20)3)23(28)16-19-12-9-10-14-21(19)25/h7-14,22H,4-6,15-17H2,1-3H3,(H,26,29)/t22-/m1/s1. The summed E-state index contributed by atoms with van der Waals surface area (Å²) in [5, 5.41) is 2.94. The van der Waals surface area contributed by atoms with E-state index in [9.17, 15) is 14.0 Å². The number of benzene rings is 2. The van der Waals surface area contributed by atoms with Crippen LogP contribution in [0.3, 0.4) is 0 Å². The Morgan fingerprint density at radius 1 is 1.03 bits per heavy atom. The predicted molar refractivity (Wildman–Crippen MR) is 114 cm³/mol. The van der Waals surface area contributed by atoms with Crippen LogP contribution < -0.4 is 5.32 Å². The van der Waals surface area contributed by atoms with Crippen LogP contribution in [-0.2, 0) is 22.6 Å². The van der Waals surface area contributed by atoms with Gasteiger partial charge in [-0.15, -0.1) is 0 Å². The van der Waals surface area contributed by atoms with Gasteiger partial charge in [0.05, 0.1) is 6.42 Å². The molecule has 0 radical (unpaired) electrons. The second kappa shape index (κ2) is 11.3. The van der Waals surface area contributed by atoms with Gasteiger partial charge in [0.25, 0.3) is 0 Å². The molecule has 0 saturated heterocycles. The van der Waals surface area contributed by atoms with Crippen molar-refractivity contribution >= 4 is 11.8 Å². The third kappa shape index (κ3) is 6.41. The molecule has 2 amide bonds. The first-order chi connectivity index (χ1) is 14.0. The number of hydrogen-bond donors (Lipinski definition) is 1. The number of amides is 2. The van der Waals surface area contributed by atoms with Crippen LogP contribution in [-0.4, -0.2) is 29.3 Å². The topological polar surface area (TPSA) is 49.4 Å². The van der Waals surface area contributed by atoms with Crippen molar-refractivity contribution in [2.24, 2.45) is 0 Å². The predicted octanol–water partition coefficient (Wildman–Crippen LogP) is 4.40. The molecule has 1 atom stereocenters. The zero-order chi connectivity index (χ0) is 21.2. The summed E-state index contributed by atoms with van der Waals surface area (Å²) in [5.41, 5.74) is 2.38. The maximum absolute atomic E-state index is 14.1. The van der Waals surface area contributed by atoms with Crippen molar-refractivity contribution in [3.63, 3.8) is 0 Å². The second-order valence-corrected chi connectivity index (χ2v) is 7.28. The molecule has 29 heavy (non-hydrogen) atoms. The summed E-state index contributed by atoms with van der Waals surface area (Å²) in [6.07, 6.45) is 2.30. The lowest BCUT2D eigenvalue weighted by atomic mass is 10.0. The van der Waals surface area contributed by atoms with E-state index in [1.54, 1.807) is 23.1 Å². The Morgan fingerprint density at radius 3 is 2.31 bits per heavy atom. The van der Waals surface area contributed by atoms with Crippen molar-refractivity contribution < 1.29 is 14.0 Å². The molecule has 0 heterocycles. The molecule has 1 N–H and O–H groups in total. The van der Waals surface area contributed by atoms with Crippen LogP contribution in [0.2, 0.25) is 0 Å². The van der Waals surface area contributed by atoms with E-state index in [-0.39, 0.29) is 18.2 Å². The smallest absolute Gasteiger partial charge is 0.242 e. The Bertz CT molecular complexity index is 822. The van der Waals surface area contributed by atoms with E-state index in [0.717, 1.165) is 24.0 Å². The molecule has 0 fully saturated rings. The molecule has 0 saturated carbocycles. The number of carbonyl (C=O) groups excluding carboxylic acids is 2. The normalized spacial score (nSPS) is 11.7. The molecule has 0 aliphatic heterocycles. The van der Waals surface area contributed by atoms with Crippen LogP contribution in [0.1, 0.15) is 49.8 Å². The SMILES string of the molecule is CCCCNC(=O)[C@@H](CC)N(Cc1ccccc1C)C(=O)Cc1ccccc1F. The van der Waals surface area contributed by atoms with E-state index in [4.69, 9.17) is 0 Å². The fourth-order valence-electron chi connectivity index (χ4n) is 3.30. The summed E-state index contributed by atoms with van der Waals surface area (Å²) in [4.78, 5) is 27.6. The van der Waals surface area contributed by atoms with Crippen molar-refractivity contribution in [1.29, 1.82) is 0 Å². The van der Waals surface area contributed by atoms with Gasteiger partial charge >= 0.3 is 0 Å². The van der Waals surface area contributed by atoms with Crippen molar-refractivity contribution in [3.05, 3.63) is 71.0 Å². The minimum Gasteiger partial charge on any atom is -0.354 e. The molecule has 4 nitrogen and oxygen atoms in total. The Labute approximate surface area is 173 Å². The first kappa shape index (κ1) is 22.6. The van der Waals surface area contributed by atoms with Gasteiger partial charge in [-0.05, 0) is 42.5 Å². The lowest BCUT2D eigenvalue weighted by molar-refractivity contribution is -0.141. The molecule has 2 aromatic carbocycles. The third-order valence-corrected chi connectivity index (χ3v) is 5.12. The van der Waals surface area contributed by atoms with Gasteiger partial charge in [0.2, 0.25) is 11.8 Å². The molecule has 0 unspecified atom stereocenters. The third-order valence-electron chi connectivity index (χ3n) is 5.12. The zero-order valence-corrected chi connectivity index (χ0v) is 17.6. The van der Waals surface area contributed by atoms with Crippen LogP contribution in [0.25, 0.3) is 0 Å². The van der Waals surface area contributed by atoms with Crippen molar-refractivity contribution in [2.75, 3.05) is 6.54 Å². The fourth-order valence-corrected chi connectivity index (χ4v) is 3.30. The average Bonchev–Trinajstić information content (AvgIpc) is 2.71. The van der Waals surface area contributed by atoms with Gasteiger partial charge in [-0.1, -0.05) is 62.7 Å². The van der Waals surface area contributed by atoms with Gasteiger partial charge in [0.1, 0.15) is 11.9 Å².